The number of aryl methyl sites for hydroxylation is 1. The van der Waals surface area contributed by atoms with E-state index in [2.05, 4.69) is 15.9 Å². The summed E-state index contributed by atoms with van der Waals surface area (Å²) in [4.78, 5) is 25.1. The number of halogens is 1. The maximum Gasteiger partial charge on any atom is 0.303 e. The largest absolute Gasteiger partial charge is 0.481 e. The molecule has 0 radical (unpaired) electrons. The minimum atomic E-state index is -0.788. The van der Waals surface area contributed by atoms with Crippen LogP contribution in [0.4, 0.5) is 0 Å². The van der Waals surface area contributed by atoms with Gasteiger partial charge in [-0.15, -0.1) is 0 Å². The third kappa shape index (κ3) is 3.60. The number of hydrogen-bond acceptors (Lipinski definition) is 2. The van der Waals surface area contributed by atoms with Gasteiger partial charge in [-0.2, -0.15) is 0 Å². The monoisotopic (exact) mass is 339 g/mol. The lowest BCUT2D eigenvalue weighted by atomic mass is 9.94. The van der Waals surface area contributed by atoms with Crippen molar-refractivity contribution in [1.29, 1.82) is 0 Å². The number of nitrogens with zero attached hydrogens (tertiary/aromatic N) is 1. The Labute approximate surface area is 126 Å². The highest BCUT2D eigenvalue weighted by atomic mass is 79.9. The second-order valence-corrected chi connectivity index (χ2v) is 6.23. The summed E-state index contributed by atoms with van der Waals surface area (Å²) in [5.41, 5.74) is 1.63. The molecule has 1 saturated heterocycles. The molecule has 1 N–H and O–H groups in total. The molecule has 1 unspecified atom stereocenters. The molecule has 0 aliphatic carbocycles. The van der Waals surface area contributed by atoms with Gasteiger partial charge in [-0.25, -0.2) is 0 Å². The van der Waals surface area contributed by atoms with Gasteiger partial charge in [-0.3, -0.25) is 9.59 Å². The average Bonchev–Trinajstić information content (AvgIpc) is 2.37. The van der Waals surface area contributed by atoms with Crippen molar-refractivity contribution >= 4 is 27.8 Å². The van der Waals surface area contributed by atoms with Gasteiger partial charge in [0.1, 0.15) is 0 Å². The van der Waals surface area contributed by atoms with Gasteiger partial charge in [0.25, 0.3) is 5.91 Å². The predicted molar refractivity (Wildman–Crippen MR) is 79.8 cm³/mol. The molecule has 1 amide bonds. The molecule has 1 aliphatic rings. The molecule has 1 atom stereocenters. The molecule has 4 nitrogen and oxygen atoms in total. The van der Waals surface area contributed by atoms with E-state index < -0.39 is 5.97 Å². The first-order valence-electron chi connectivity index (χ1n) is 6.74. The molecule has 0 bridgehead atoms. The molecule has 1 fully saturated rings. The lowest BCUT2D eigenvalue weighted by Gasteiger charge is -2.32. The normalized spacial score (nSPS) is 18.9. The fourth-order valence-corrected chi connectivity index (χ4v) is 3.18. The van der Waals surface area contributed by atoms with Crippen molar-refractivity contribution in [3.8, 4) is 0 Å². The van der Waals surface area contributed by atoms with E-state index in [1.54, 1.807) is 4.90 Å². The zero-order chi connectivity index (χ0) is 14.7. The minimum Gasteiger partial charge on any atom is -0.481 e. The molecule has 108 valence electrons. The van der Waals surface area contributed by atoms with Gasteiger partial charge in [0.2, 0.25) is 0 Å². The van der Waals surface area contributed by atoms with Crippen LogP contribution in [-0.4, -0.2) is 35.0 Å². The van der Waals surface area contributed by atoms with E-state index in [0.29, 0.717) is 18.7 Å². The number of carbonyl (C=O) groups excluding carboxylic acids is 1. The summed E-state index contributed by atoms with van der Waals surface area (Å²) in [5.74, 6) is -0.713. The number of piperidine rings is 1. The second kappa shape index (κ2) is 6.39. The summed E-state index contributed by atoms with van der Waals surface area (Å²) in [5, 5.41) is 8.87. The van der Waals surface area contributed by atoms with Crippen LogP contribution in [0.2, 0.25) is 0 Å². The molecular formula is C15H18BrNO3. The second-order valence-electron chi connectivity index (χ2n) is 5.32. The summed E-state index contributed by atoms with van der Waals surface area (Å²) >= 11 is 3.39. The van der Waals surface area contributed by atoms with Crippen molar-refractivity contribution in [2.75, 3.05) is 13.1 Å². The molecule has 5 heteroatoms. The smallest absolute Gasteiger partial charge is 0.303 e. The number of likely N-dealkylation sites (tertiary alicyclic amines) is 1. The molecule has 20 heavy (non-hydrogen) atoms. The van der Waals surface area contributed by atoms with Crippen molar-refractivity contribution in [2.24, 2.45) is 5.92 Å². The molecule has 0 aromatic heterocycles. The van der Waals surface area contributed by atoms with E-state index in [9.17, 15) is 9.59 Å². The van der Waals surface area contributed by atoms with Crippen molar-refractivity contribution in [1.82, 2.24) is 4.90 Å². The average molecular weight is 340 g/mol. The standard InChI is InChI=1S/C15H18BrNO3/c1-10-7-12(16)4-5-13(10)15(20)17-6-2-3-11(9-17)8-14(18)19/h4-5,7,11H,2-3,6,8-9H2,1H3,(H,18,19). The Kier molecular flexibility index (Phi) is 4.81. The van der Waals surface area contributed by atoms with E-state index in [-0.39, 0.29) is 18.2 Å². The van der Waals surface area contributed by atoms with Crippen molar-refractivity contribution in [3.63, 3.8) is 0 Å². The minimum absolute atomic E-state index is 0.00471. The van der Waals surface area contributed by atoms with Gasteiger partial charge in [0.15, 0.2) is 0 Å². The molecule has 1 aliphatic heterocycles. The van der Waals surface area contributed by atoms with E-state index in [1.165, 1.54) is 0 Å². The molecule has 1 aromatic carbocycles. The Morgan fingerprint density at radius 1 is 1.45 bits per heavy atom. The number of benzene rings is 1. The lowest BCUT2D eigenvalue weighted by molar-refractivity contribution is -0.138. The number of carboxylic acids is 1. The van der Waals surface area contributed by atoms with Crippen LogP contribution < -0.4 is 0 Å². The Bertz CT molecular complexity index is 530. The molecule has 2 rings (SSSR count). The number of rotatable bonds is 3. The van der Waals surface area contributed by atoms with Crippen molar-refractivity contribution in [2.45, 2.75) is 26.2 Å². The Morgan fingerprint density at radius 2 is 2.20 bits per heavy atom. The van der Waals surface area contributed by atoms with Crippen LogP contribution >= 0.6 is 15.9 Å². The number of carbonyl (C=O) groups is 2. The molecule has 0 saturated carbocycles. The van der Waals surface area contributed by atoms with Gasteiger partial charge in [0.05, 0.1) is 0 Å². The highest BCUT2D eigenvalue weighted by Gasteiger charge is 2.26. The van der Waals surface area contributed by atoms with Gasteiger partial charge < -0.3 is 10.0 Å². The van der Waals surface area contributed by atoms with Crippen LogP contribution in [0, 0.1) is 12.8 Å². The SMILES string of the molecule is Cc1cc(Br)ccc1C(=O)N1CCCC(CC(=O)O)C1. The van der Waals surface area contributed by atoms with Crippen LogP contribution in [0.1, 0.15) is 35.2 Å². The fourth-order valence-electron chi connectivity index (χ4n) is 2.70. The summed E-state index contributed by atoms with van der Waals surface area (Å²) in [6, 6.07) is 5.60. The van der Waals surface area contributed by atoms with Crippen molar-refractivity contribution in [3.05, 3.63) is 33.8 Å². The quantitative estimate of drug-likeness (QED) is 0.920. The van der Waals surface area contributed by atoms with Gasteiger partial charge >= 0.3 is 5.97 Å². The zero-order valence-electron chi connectivity index (χ0n) is 11.4. The third-order valence-corrected chi connectivity index (χ3v) is 4.18. The van der Waals surface area contributed by atoms with Gasteiger partial charge in [-0.1, -0.05) is 15.9 Å². The molecular weight excluding hydrogens is 322 g/mol. The number of aliphatic carboxylic acids is 1. The number of carboxylic acid groups (broad SMARTS) is 1. The predicted octanol–water partition coefficient (Wildman–Crippen LogP) is 3.08. The highest BCUT2D eigenvalue weighted by Crippen LogP contribution is 2.23. The fraction of sp³-hybridized carbons (Fsp3) is 0.467. The third-order valence-electron chi connectivity index (χ3n) is 3.69. The van der Waals surface area contributed by atoms with Crippen LogP contribution in [0.15, 0.2) is 22.7 Å². The number of hydrogen-bond donors (Lipinski definition) is 1. The summed E-state index contributed by atoms with van der Waals surface area (Å²) in [6.45, 7) is 3.17. The maximum absolute atomic E-state index is 12.5. The van der Waals surface area contributed by atoms with E-state index >= 15 is 0 Å². The van der Waals surface area contributed by atoms with Gasteiger partial charge in [-0.05, 0) is 49.4 Å². The van der Waals surface area contributed by atoms with E-state index in [0.717, 1.165) is 22.9 Å². The Hall–Kier alpha value is -1.36. The first-order chi connectivity index (χ1) is 9.47. The molecule has 1 heterocycles. The lowest BCUT2D eigenvalue weighted by Crippen LogP contribution is -2.40. The van der Waals surface area contributed by atoms with Crippen LogP contribution in [0.3, 0.4) is 0 Å². The highest BCUT2D eigenvalue weighted by molar-refractivity contribution is 9.10. The van der Waals surface area contributed by atoms with Crippen LogP contribution in [-0.2, 0) is 4.79 Å². The van der Waals surface area contributed by atoms with Crippen LogP contribution in [0.5, 0.6) is 0 Å². The molecule has 1 aromatic rings. The van der Waals surface area contributed by atoms with E-state index in [1.807, 2.05) is 25.1 Å². The Balaban J connectivity index is 2.10. The van der Waals surface area contributed by atoms with Crippen molar-refractivity contribution < 1.29 is 14.7 Å². The first kappa shape index (κ1) is 15.0. The summed E-state index contributed by atoms with van der Waals surface area (Å²) in [7, 11) is 0. The maximum atomic E-state index is 12.5. The zero-order valence-corrected chi connectivity index (χ0v) is 13.0. The first-order valence-corrected chi connectivity index (χ1v) is 7.54. The van der Waals surface area contributed by atoms with Gasteiger partial charge in [0, 0.05) is 29.5 Å². The van der Waals surface area contributed by atoms with E-state index in [4.69, 9.17) is 5.11 Å². The number of amides is 1. The Morgan fingerprint density at radius 3 is 2.85 bits per heavy atom. The molecule has 0 spiro atoms. The summed E-state index contributed by atoms with van der Waals surface area (Å²) < 4.78 is 0.953. The topological polar surface area (TPSA) is 57.6 Å². The summed E-state index contributed by atoms with van der Waals surface area (Å²) in [6.07, 6.45) is 1.90. The van der Waals surface area contributed by atoms with Crippen LogP contribution in [0.25, 0.3) is 0 Å².